The van der Waals surface area contributed by atoms with E-state index in [1.807, 2.05) is 64.1 Å². The van der Waals surface area contributed by atoms with Crippen LogP contribution in [0.25, 0.3) is 0 Å². The second-order valence-electron chi connectivity index (χ2n) is 13.3. The molecule has 0 bridgehead atoms. The van der Waals surface area contributed by atoms with E-state index in [2.05, 4.69) is 24.5 Å². The standard InChI is InChI=1S/C34H49BN2O7/c1-21(2)17-28(35-43-33(3,4)34(5,6)44-35)37-32(39)26(18-22-13-11-10-12-14-22)36-31(38)23-15-16-25-24(19-23)20-27(40-7)30(42-9)29(25)41-8/h10-14,20-21,23,26,28H,15-19H2,1-9H3,(H,36,38)(H,37,39)/t23?,26-,28?/m0/s1. The zero-order chi connectivity index (χ0) is 32.2. The van der Waals surface area contributed by atoms with E-state index in [0.29, 0.717) is 49.4 Å². The summed E-state index contributed by atoms with van der Waals surface area (Å²) in [5.74, 6) is 0.931. The minimum absolute atomic E-state index is 0.156. The van der Waals surface area contributed by atoms with E-state index in [-0.39, 0.29) is 29.6 Å². The van der Waals surface area contributed by atoms with Gasteiger partial charge in [-0.05, 0) is 76.5 Å². The molecule has 0 spiro atoms. The van der Waals surface area contributed by atoms with Gasteiger partial charge >= 0.3 is 7.12 Å². The Morgan fingerprint density at radius 2 is 1.59 bits per heavy atom. The zero-order valence-corrected chi connectivity index (χ0v) is 27.7. The smallest absolute Gasteiger partial charge is 0.481 e. The molecule has 2 N–H and O–H groups in total. The predicted molar refractivity (Wildman–Crippen MR) is 171 cm³/mol. The van der Waals surface area contributed by atoms with E-state index in [1.54, 1.807) is 21.3 Å². The zero-order valence-electron chi connectivity index (χ0n) is 27.7. The lowest BCUT2D eigenvalue weighted by molar-refractivity contribution is -0.131. The minimum Gasteiger partial charge on any atom is -0.493 e. The first-order chi connectivity index (χ1) is 20.8. The van der Waals surface area contributed by atoms with Crippen molar-refractivity contribution in [3.05, 3.63) is 53.1 Å². The van der Waals surface area contributed by atoms with Crippen LogP contribution in [0.2, 0.25) is 0 Å². The number of benzene rings is 2. The van der Waals surface area contributed by atoms with Gasteiger partial charge in [-0.3, -0.25) is 9.59 Å². The van der Waals surface area contributed by atoms with E-state index in [0.717, 1.165) is 16.7 Å². The molecular formula is C34H49BN2O7. The Morgan fingerprint density at radius 1 is 0.955 bits per heavy atom. The number of hydrogen-bond acceptors (Lipinski definition) is 7. The average Bonchev–Trinajstić information content (AvgIpc) is 3.21. The number of rotatable bonds is 12. The molecule has 2 aromatic rings. The van der Waals surface area contributed by atoms with Crippen LogP contribution in [0, 0.1) is 11.8 Å². The largest absolute Gasteiger partial charge is 0.493 e. The van der Waals surface area contributed by atoms with Crippen molar-refractivity contribution in [2.45, 2.75) is 96.8 Å². The highest BCUT2D eigenvalue weighted by atomic mass is 16.7. The molecule has 0 radical (unpaired) electrons. The van der Waals surface area contributed by atoms with Crippen molar-refractivity contribution >= 4 is 18.9 Å². The lowest BCUT2D eigenvalue weighted by atomic mass is 9.73. The van der Waals surface area contributed by atoms with Crippen LogP contribution < -0.4 is 24.8 Å². The van der Waals surface area contributed by atoms with Gasteiger partial charge in [0, 0.05) is 17.9 Å². The predicted octanol–water partition coefficient (Wildman–Crippen LogP) is 4.71. The Morgan fingerprint density at radius 3 is 2.16 bits per heavy atom. The minimum atomic E-state index is -0.775. The normalized spacial score (nSPS) is 20.0. The summed E-state index contributed by atoms with van der Waals surface area (Å²) in [7, 11) is 4.18. The third kappa shape index (κ3) is 7.34. The maximum atomic E-state index is 14.0. The van der Waals surface area contributed by atoms with Crippen LogP contribution >= 0.6 is 0 Å². The Bertz CT molecular complexity index is 1300. The molecule has 0 aromatic heterocycles. The number of amides is 2. The van der Waals surface area contributed by atoms with Gasteiger partial charge in [0.15, 0.2) is 11.5 Å². The maximum absolute atomic E-state index is 14.0. The number of carbonyl (C=O) groups excluding carboxylic acids is 2. The molecule has 4 rings (SSSR count). The fourth-order valence-corrected chi connectivity index (χ4v) is 6.06. The number of fused-ring (bicyclic) bond motifs is 1. The van der Waals surface area contributed by atoms with Gasteiger partial charge in [-0.2, -0.15) is 0 Å². The average molecular weight is 609 g/mol. The SMILES string of the molecule is COc1cc2c(c(OC)c1OC)CCC(C(=O)N[C@@H](Cc1ccccc1)C(=O)NC(CC(C)C)B1OC(C)(C)C(C)(C)O1)C2. The van der Waals surface area contributed by atoms with Gasteiger partial charge in [-0.15, -0.1) is 0 Å². The first-order valence-electron chi connectivity index (χ1n) is 15.6. The van der Waals surface area contributed by atoms with Crippen molar-refractivity contribution in [1.82, 2.24) is 10.6 Å². The molecule has 10 heteroatoms. The summed E-state index contributed by atoms with van der Waals surface area (Å²) in [6, 6.07) is 10.9. The van der Waals surface area contributed by atoms with Crippen molar-refractivity contribution in [2.24, 2.45) is 11.8 Å². The quantitative estimate of drug-likeness (QED) is 0.337. The monoisotopic (exact) mass is 608 g/mol. The van der Waals surface area contributed by atoms with E-state index < -0.39 is 24.4 Å². The highest BCUT2D eigenvalue weighted by molar-refractivity contribution is 6.48. The first kappa shape index (κ1) is 33.7. The fourth-order valence-electron chi connectivity index (χ4n) is 6.06. The van der Waals surface area contributed by atoms with Crippen LogP contribution in [0.1, 0.15) is 71.1 Å². The van der Waals surface area contributed by atoms with Crippen LogP contribution in [0.15, 0.2) is 36.4 Å². The number of hydrogen-bond donors (Lipinski definition) is 2. The van der Waals surface area contributed by atoms with Crippen molar-refractivity contribution < 1.29 is 33.1 Å². The number of methoxy groups -OCH3 is 3. The van der Waals surface area contributed by atoms with Gasteiger partial charge < -0.3 is 34.2 Å². The van der Waals surface area contributed by atoms with Crippen molar-refractivity contribution in [3.63, 3.8) is 0 Å². The van der Waals surface area contributed by atoms with Crippen molar-refractivity contribution in [3.8, 4) is 17.2 Å². The van der Waals surface area contributed by atoms with Gasteiger partial charge in [0.25, 0.3) is 0 Å². The summed E-state index contributed by atoms with van der Waals surface area (Å²) >= 11 is 0. The highest BCUT2D eigenvalue weighted by Gasteiger charge is 2.54. The third-order valence-corrected chi connectivity index (χ3v) is 9.17. The Balaban J connectivity index is 1.55. The molecule has 44 heavy (non-hydrogen) atoms. The molecule has 2 aromatic carbocycles. The molecule has 2 amide bonds. The van der Waals surface area contributed by atoms with Gasteiger partial charge in [0.05, 0.1) is 38.5 Å². The number of carbonyl (C=O) groups is 2. The second-order valence-corrected chi connectivity index (χ2v) is 13.3. The molecule has 1 fully saturated rings. The topological polar surface area (TPSA) is 104 Å². The number of ether oxygens (including phenoxy) is 3. The van der Waals surface area contributed by atoms with Crippen molar-refractivity contribution in [2.75, 3.05) is 21.3 Å². The summed E-state index contributed by atoms with van der Waals surface area (Å²) in [5.41, 5.74) is 1.91. The molecule has 1 saturated heterocycles. The molecule has 1 aliphatic carbocycles. The van der Waals surface area contributed by atoms with E-state index in [1.165, 1.54) is 0 Å². The summed E-state index contributed by atoms with van der Waals surface area (Å²) in [5, 5.41) is 6.31. The third-order valence-electron chi connectivity index (χ3n) is 9.17. The molecular weight excluding hydrogens is 559 g/mol. The Labute approximate surface area is 262 Å². The van der Waals surface area contributed by atoms with Gasteiger partial charge in [0.1, 0.15) is 6.04 Å². The summed E-state index contributed by atoms with van der Waals surface area (Å²) in [6.07, 6.45) is 2.79. The lowest BCUT2D eigenvalue weighted by Crippen LogP contribution is -2.56. The Kier molecular flexibility index (Phi) is 10.6. The second kappa shape index (κ2) is 13.8. The first-order valence-corrected chi connectivity index (χ1v) is 15.6. The van der Waals surface area contributed by atoms with Crippen LogP contribution in [-0.4, -0.2) is 63.4 Å². The summed E-state index contributed by atoms with van der Waals surface area (Å²) < 4.78 is 29.5. The molecule has 3 atom stereocenters. The van der Waals surface area contributed by atoms with Crippen LogP contribution in [0.3, 0.4) is 0 Å². The van der Waals surface area contributed by atoms with Gasteiger partial charge in [-0.1, -0.05) is 44.2 Å². The van der Waals surface area contributed by atoms with E-state index in [9.17, 15) is 9.59 Å². The lowest BCUT2D eigenvalue weighted by Gasteiger charge is -2.32. The summed E-state index contributed by atoms with van der Waals surface area (Å²) in [4.78, 5) is 27.8. The molecule has 9 nitrogen and oxygen atoms in total. The number of nitrogens with one attached hydrogen (secondary N) is 2. The molecule has 2 aliphatic rings. The maximum Gasteiger partial charge on any atom is 0.481 e. The molecule has 1 aliphatic heterocycles. The molecule has 240 valence electrons. The highest BCUT2D eigenvalue weighted by Crippen LogP contribution is 2.45. The molecule has 2 unspecified atom stereocenters. The van der Waals surface area contributed by atoms with Gasteiger partial charge in [-0.25, -0.2) is 0 Å². The summed E-state index contributed by atoms with van der Waals surface area (Å²) in [6.45, 7) is 12.2. The molecule has 1 heterocycles. The van der Waals surface area contributed by atoms with Crippen molar-refractivity contribution in [1.29, 1.82) is 0 Å². The van der Waals surface area contributed by atoms with E-state index >= 15 is 0 Å². The van der Waals surface area contributed by atoms with Crippen LogP contribution in [-0.2, 0) is 38.2 Å². The van der Waals surface area contributed by atoms with Crippen LogP contribution in [0.5, 0.6) is 17.2 Å². The Hall–Kier alpha value is -3.24. The van der Waals surface area contributed by atoms with E-state index in [4.69, 9.17) is 23.5 Å². The molecule has 0 saturated carbocycles. The van der Waals surface area contributed by atoms with Crippen LogP contribution in [0.4, 0.5) is 0 Å². The fraction of sp³-hybridized carbons (Fsp3) is 0.588. The van der Waals surface area contributed by atoms with Gasteiger partial charge in [0.2, 0.25) is 17.6 Å².